The molecule has 0 saturated carbocycles. The summed E-state index contributed by atoms with van der Waals surface area (Å²) in [6, 6.07) is 3.67. The van der Waals surface area contributed by atoms with Gasteiger partial charge in [0.2, 0.25) is 0 Å². The molecule has 2 rings (SSSR count). The van der Waals surface area contributed by atoms with Crippen molar-refractivity contribution in [2.75, 3.05) is 14.1 Å². The minimum Gasteiger partial charge on any atom is -0.468 e. The van der Waals surface area contributed by atoms with E-state index in [-0.39, 0.29) is 10.5 Å². The van der Waals surface area contributed by atoms with Gasteiger partial charge in [-0.2, -0.15) is 0 Å². The van der Waals surface area contributed by atoms with Gasteiger partial charge in [0.15, 0.2) is 0 Å². The molecule has 1 amide bonds. The zero-order chi connectivity index (χ0) is 13.1. The molecule has 96 valence electrons. The summed E-state index contributed by atoms with van der Waals surface area (Å²) in [4.78, 5) is 17.7. The van der Waals surface area contributed by atoms with Crippen LogP contribution in [0.3, 0.4) is 0 Å². The minimum atomic E-state index is -0.227. The van der Waals surface area contributed by atoms with Gasteiger partial charge >= 0.3 is 0 Å². The molecule has 6 heteroatoms. The fourth-order valence-electron chi connectivity index (χ4n) is 1.51. The highest BCUT2D eigenvalue weighted by Gasteiger charge is 2.25. The summed E-state index contributed by atoms with van der Waals surface area (Å²) in [7, 11) is 5.36. The Morgan fingerprint density at radius 1 is 1.56 bits per heavy atom. The number of aryl methyl sites for hydroxylation is 1. The minimum absolute atomic E-state index is 0.0283. The van der Waals surface area contributed by atoms with Gasteiger partial charge in [0.25, 0.3) is 5.24 Å². The number of furan rings is 1. The Morgan fingerprint density at radius 2 is 2.33 bits per heavy atom. The molecule has 0 N–H and O–H groups in total. The Balaban J connectivity index is 2.30. The van der Waals surface area contributed by atoms with Gasteiger partial charge in [-0.1, -0.05) is 0 Å². The van der Waals surface area contributed by atoms with Crippen LogP contribution >= 0.6 is 11.8 Å². The molecule has 0 aromatic carbocycles. The van der Waals surface area contributed by atoms with Crippen LogP contribution in [0.25, 0.3) is 0 Å². The number of nitrogens with zero attached hydrogens (tertiary/aromatic N) is 3. The third kappa shape index (κ3) is 2.59. The molecular formula is C12H15N3O2S. The molecule has 0 aliphatic rings. The van der Waals surface area contributed by atoms with E-state index in [0.717, 1.165) is 11.6 Å². The van der Waals surface area contributed by atoms with E-state index in [1.165, 1.54) is 11.8 Å². The number of thioether (sulfide) groups is 1. The van der Waals surface area contributed by atoms with Crippen LogP contribution in [0.5, 0.6) is 0 Å². The number of rotatable bonds is 3. The van der Waals surface area contributed by atoms with Crippen molar-refractivity contribution in [3.8, 4) is 0 Å². The molecule has 0 bridgehead atoms. The Kier molecular flexibility index (Phi) is 3.76. The van der Waals surface area contributed by atoms with Crippen molar-refractivity contribution in [1.29, 1.82) is 0 Å². The SMILES string of the molecule is CN(C)C(=O)SC(c1ccco1)c1nccn1C. The molecule has 0 fully saturated rings. The van der Waals surface area contributed by atoms with E-state index in [4.69, 9.17) is 4.42 Å². The standard InChI is InChI=1S/C12H15N3O2S/c1-14(2)12(16)18-10(9-5-4-8-17-9)11-13-6-7-15(11)3/h4-8,10H,1-3H3. The number of hydrogen-bond donors (Lipinski definition) is 0. The quantitative estimate of drug-likeness (QED) is 0.855. The normalized spacial score (nSPS) is 12.4. The van der Waals surface area contributed by atoms with Crippen molar-refractivity contribution in [3.63, 3.8) is 0 Å². The van der Waals surface area contributed by atoms with Crippen molar-refractivity contribution in [2.45, 2.75) is 5.25 Å². The number of carbonyl (C=O) groups is 1. The van der Waals surface area contributed by atoms with Gasteiger partial charge in [-0.25, -0.2) is 4.98 Å². The first-order chi connectivity index (χ1) is 8.59. The fourth-order valence-corrected chi connectivity index (χ4v) is 2.51. The second-order valence-electron chi connectivity index (χ2n) is 4.07. The molecule has 0 aliphatic carbocycles. The smallest absolute Gasteiger partial charge is 0.282 e. The number of aromatic nitrogens is 2. The number of carbonyl (C=O) groups excluding carboxylic acids is 1. The summed E-state index contributed by atoms with van der Waals surface area (Å²) in [5, 5.41) is -0.255. The second-order valence-corrected chi connectivity index (χ2v) is 5.13. The Labute approximate surface area is 110 Å². The molecule has 1 atom stereocenters. The van der Waals surface area contributed by atoms with Crippen LogP contribution in [-0.2, 0) is 7.05 Å². The maximum atomic E-state index is 11.9. The van der Waals surface area contributed by atoms with Crippen LogP contribution < -0.4 is 0 Å². The first-order valence-electron chi connectivity index (χ1n) is 5.48. The van der Waals surface area contributed by atoms with Crippen LogP contribution in [0.15, 0.2) is 35.2 Å². The molecular weight excluding hydrogens is 250 g/mol. The zero-order valence-electron chi connectivity index (χ0n) is 10.5. The second kappa shape index (κ2) is 5.30. The van der Waals surface area contributed by atoms with E-state index in [9.17, 15) is 4.79 Å². The van der Waals surface area contributed by atoms with Gasteiger partial charge in [0.05, 0.1) is 6.26 Å². The van der Waals surface area contributed by atoms with Crippen LogP contribution in [0.1, 0.15) is 16.8 Å². The molecule has 2 heterocycles. The van der Waals surface area contributed by atoms with E-state index < -0.39 is 0 Å². The maximum absolute atomic E-state index is 11.9. The molecule has 0 aliphatic heterocycles. The van der Waals surface area contributed by atoms with Gasteiger partial charge in [0, 0.05) is 33.5 Å². The van der Waals surface area contributed by atoms with Gasteiger partial charge in [-0.15, -0.1) is 0 Å². The summed E-state index contributed by atoms with van der Waals surface area (Å²) >= 11 is 1.19. The van der Waals surface area contributed by atoms with Crippen LogP contribution in [0.4, 0.5) is 4.79 Å². The van der Waals surface area contributed by atoms with Gasteiger partial charge in [-0.3, -0.25) is 4.79 Å². The summed E-state index contributed by atoms with van der Waals surface area (Å²) in [6.07, 6.45) is 5.17. The van der Waals surface area contributed by atoms with Crippen LogP contribution in [0, 0.1) is 0 Å². The lowest BCUT2D eigenvalue weighted by Gasteiger charge is -2.16. The highest BCUT2D eigenvalue weighted by atomic mass is 32.2. The number of hydrogen-bond acceptors (Lipinski definition) is 4. The van der Waals surface area contributed by atoms with E-state index in [0.29, 0.717) is 0 Å². The number of amides is 1. The average Bonchev–Trinajstić information content (AvgIpc) is 2.96. The lowest BCUT2D eigenvalue weighted by atomic mass is 10.3. The van der Waals surface area contributed by atoms with E-state index >= 15 is 0 Å². The lowest BCUT2D eigenvalue weighted by Crippen LogP contribution is -2.18. The Bertz CT molecular complexity index is 519. The Morgan fingerprint density at radius 3 is 2.83 bits per heavy atom. The average molecular weight is 265 g/mol. The molecule has 5 nitrogen and oxygen atoms in total. The summed E-state index contributed by atoms with van der Waals surface area (Å²) in [6.45, 7) is 0. The number of imidazole rings is 1. The summed E-state index contributed by atoms with van der Waals surface area (Å²) in [5.74, 6) is 1.52. The first kappa shape index (κ1) is 12.8. The molecule has 0 spiro atoms. The largest absolute Gasteiger partial charge is 0.468 e. The molecule has 0 saturated heterocycles. The van der Waals surface area contributed by atoms with Crippen molar-refractivity contribution < 1.29 is 9.21 Å². The van der Waals surface area contributed by atoms with Crippen molar-refractivity contribution in [3.05, 3.63) is 42.4 Å². The fraction of sp³-hybridized carbons (Fsp3) is 0.333. The summed E-state index contributed by atoms with van der Waals surface area (Å²) < 4.78 is 7.30. The predicted octanol–water partition coefficient (Wildman–Crippen LogP) is 2.52. The highest BCUT2D eigenvalue weighted by Crippen LogP contribution is 2.35. The van der Waals surface area contributed by atoms with E-state index in [1.54, 1.807) is 31.5 Å². The molecule has 0 radical (unpaired) electrons. The van der Waals surface area contributed by atoms with Crippen molar-refractivity contribution in [1.82, 2.24) is 14.5 Å². The third-order valence-corrected chi connectivity index (χ3v) is 3.72. The monoisotopic (exact) mass is 265 g/mol. The summed E-state index contributed by atoms with van der Waals surface area (Å²) in [5.41, 5.74) is 0. The molecule has 1 unspecified atom stereocenters. The van der Waals surface area contributed by atoms with Crippen LogP contribution in [-0.4, -0.2) is 33.8 Å². The van der Waals surface area contributed by atoms with E-state index in [2.05, 4.69) is 4.98 Å². The van der Waals surface area contributed by atoms with Gasteiger partial charge in [-0.05, 0) is 23.9 Å². The zero-order valence-corrected chi connectivity index (χ0v) is 11.3. The van der Waals surface area contributed by atoms with Gasteiger partial charge < -0.3 is 13.9 Å². The van der Waals surface area contributed by atoms with Gasteiger partial charge in [0.1, 0.15) is 16.8 Å². The van der Waals surface area contributed by atoms with E-state index in [1.807, 2.05) is 29.9 Å². The topological polar surface area (TPSA) is 51.3 Å². The predicted molar refractivity (Wildman–Crippen MR) is 70.4 cm³/mol. The van der Waals surface area contributed by atoms with Crippen molar-refractivity contribution >= 4 is 17.0 Å². The first-order valence-corrected chi connectivity index (χ1v) is 6.36. The third-order valence-electron chi connectivity index (χ3n) is 2.48. The molecule has 2 aromatic rings. The molecule has 2 aromatic heterocycles. The van der Waals surface area contributed by atoms with Crippen LogP contribution in [0.2, 0.25) is 0 Å². The highest BCUT2D eigenvalue weighted by molar-refractivity contribution is 8.13. The molecule has 18 heavy (non-hydrogen) atoms. The Hall–Kier alpha value is -1.69. The maximum Gasteiger partial charge on any atom is 0.282 e. The van der Waals surface area contributed by atoms with Crippen molar-refractivity contribution in [2.24, 2.45) is 7.05 Å². The lowest BCUT2D eigenvalue weighted by molar-refractivity contribution is 0.241.